The minimum Gasteiger partial charge on any atom is -0.412 e. The van der Waals surface area contributed by atoms with Crippen molar-refractivity contribution in [3.8, 4) is 0 Å². The van der Waals surface area contributed by atoms with Crippen LogP contribution in [0.15, 0.2) is 0 Å². The molecule has 0 saturated carbocycles. The summed E-state index contributed by atoms with van der Waals surface area (Å²) in [5, 5.41) is 0. The Bertz CT molecular complexity index is 68.6. The van der Waals surface area contributed by atoms with E-state index in [4.69, 9.17) is 0 Å². The Balaban J connectivity index is 0.000000405. The summed E-state index contributed by atoms with van der Waals surface area (Å²) in [6, 6.07) is 0. The van der Waals surface area contributed by atoms with E-state index in [2.05, 4.69) is 4.90 Å². The lowest BCUT2D eigenvalue weighted by molar-refractivity contribution is 0.111. The summed E-state index contributed by atoms with van der Waals surface area (Å²) in [7, 11) is 0. The van der Waals surface area contributed by atoms with E-state index in [1.807, 2.05) is 0 Å². The fourth-order valence-corrected chi connectivity index (χ4v) is 1.86. The molecule has 2 nitrogen and oxygen atoms in total. The van der Waals surface area contributed by atoms with Gasteiger partial charge in [-0.15, -0.1) is 12.4 Å². The second-order valence-electron chi connectivity index (χ2n) is 3.07. The normalized spacial score (nSPS) is 36.0. The highest BCUT2D eigenvalue weighted by Crippen LogP contribution is 2.26. The van der Waals surface area contributed by atoms with Gasteiger partial charge in [-0.25, -0.2) is 0 Å². The first-order chi connectivity index (χ1) is 3.95. The predicted octanol–water partition coefficient (Wildman–Crippen LogP) is 0.699. The molecule has 2 N–H and O–H groups in total. The second kappa shape index (κ2) is 4.16. The van der Waals surface area contributed by atoms with Crippen LogP contribution < -0.4 is 0 Å². The van der Waals surface area contributed by atoms with E-state index >= 15 is 0 Å². The highest BCUT2D eigenvalue weighted by atomic mass is 35.5. The average molecular weight is 166 g/mol. The van der Waals surface area contributed by atoms with Gasteiger partial charge in [0.25, 0.3) is 0 Å². The molecule has 0 aromatic rings. The van der Waals surface area contributed by atoms with E-state index in [-0.39, 0.29) is 17.9 Å². The minimum absolute atomic E-state index is 0. The third-order valence-electron chi connectivity index (χ3n) is 2.56. The summed E-state index contributed by atoms with van der Waals surface area (Å²) in [6.45, 7) is 4.18. The van der Waals surface area contributed by atoms with E-state index < -0.39 is 0 Å². The summed E-state index contributed by atoms with van der Waals surface area (Å²) < 4.78 is 0. The number of halogens is 1. The van der Waals surface area contributed by atoms with Crippen LogP contribution in [0.3, 0.4) is 0 Å². The fourth-order valence-electron chi connectivity index (χ4n) is 1.86. The van der Waals surface area contributed by atoms with Gasteiger partial charge in [0.05, 0.1) is 0 Å². The van der Waals surface area contributed by atoms with Gasteiger partial charge in [0, 0.05) is 0 Å². The summed E-state index contributed by atoms with van der Waals surface area (Å²) >= 11 is 0. The van der Waals surface area contributed by atoms with Crippen molar-refractivity contribution in [3.63, 3.8) is 0 Å². The second-order valence-corrected chi connectivity index (χ2v) is 3.07. The molecule has 0 aromatic carbocycles. The average Bonchev–Trinajstić information content (AvgIpc) is 1.92. The zero-order chi connectivity index (χ0) is 5.40. The lowest BCUT2D eigenvalue weighted by Gasteiger charge is -2.38. The first-order valence-electron chi connectivity index (χ1n) is 3.67. The van der Waals surface area contributed by atoms with Crippen LogP contribution in [0.25, 0.3) is 0 Å². The molecule has 3 rings (SSSR count). The van der Waals surface area contributed by atoms with Gasteiger partial charge in [-0.2, -0.15) is 0 Å². The van der Waals surface area contributed by atoms with Crippen molar-refractivity contribution in [2.45, 2.75) is 19.3 Å². The van der Waals surface area contributed by atoms with Crippen LogP contribution in [-0.4, -0.2) is 30.0 Å². The van der Waals surface area contributed by atoms with Crippen LogP contribution in [0.5, 0.6) is 0 Å². The van der Waals surface area contributed by atoms with Gasteiger partial charge < -0.3 is 10.4 Å². The largest absolute Gasteiger partial charge is 0.412 e. The van der Waals surface area contributed by atoms with Crippen molar-refractivity contribution in [1.82, 2.24) is 4.90 Å². The van der Waals surface area contributed by atoms with Crippen molar-refractivity contribution < 1.29 is 5.48 Å². The van der Waals surface area contributed by atoms with Crippen LogP contribution in [0, 0.1) is 5.92 Å². The summed E-state index contributed by atoms with van der Waals surface area (Å²) in [4.78, 5) is 2.58. The molecule has 10 heavy (non-hydrogen) atoms. The van der Waals surface area contributed by atoms with E-state index in [0.717, 1.165) is 5.92 Å². The van der Waals surface area contributed by atoms with Gasteiger partial charge in [-0.1, -0.05) is 0 Å². The summed E-state index contributed by atoms with van der Waals surface area (Å²) in [5.74, 6) is 1.11. The Kier molecular flexibility index (Phi) is 4.25. The van der Waals surface area contributed by atoms with Crippen molar-refractivity contribution in [3.05, 3.63) is 0 Å². The van der Waals surface area contributed by atoms with Crippen LogP contribution in [0.1, 0.15) is 19.3 Å². The van der Waals surface area contributed by atoms with Crippen molar-refractivity contribution in [2.24, 2.45) is 5.92 Å². The smallest absolute Gasteiger partial charge is 0.00161 e. The van der Waals surface area contributed by atoms with Gasteiger partial charge in [-0.05, 0) is 44.8 Å². The SMILES string of the molecule is C1CN2CCC1CC2.Cl.O. The molecular weight excluding hydrogens is 150 g/mol. The van der Waals surface area contributed by atoms with Crippen molar-refractivity contribution in [1.29, 1.82) is 0 Å². The number of fused-ring (bicyclic) bond motifs is 3. The first-order valence-corrected chi connectivity index (χ1v) is 3.67. The number of rotatable bonds is 0. The van der Waals surface area contributed by atoms with Gasteiger partial charge in [0.15, 0.2) is 0 Å². The van der Waals surface area contributed by atoms with Gasteiger partial charge in [0.2, 0.25) is 0 Å². The van der Waals surface area contributed by atoms with E-state index in [9.17, 15) is 0 Å². The number of hydrogen-bond acceptors (Lipinski definition) is 1. The maximum Gasteiger partial charge on any atom is -0.00161 e. The van der Waals surface area contributed by atoms with E-state index in [0.29, 0.717) is 0 Å². The standard InChI is InChI=1S/C7H13N.ClH.H2O/c1-4-8-5-2-7(1)3-6-8;;/h7H,1-6H2;1H;1H2. The topological polar surface area (TPSA) is 34.7 Å². The molecule has 0 atom stereocenters. The number of nitrogens with zero attached hydrogens (tertiary/aromatic N) is 1. The molecular formula is C7H16ClNO. The molecule has 3 heterocycles. The highest BCUT2D eigenvalue weighted by Gasteiger charge is 2.24. The Morgan fingerprint density at radius 1 is 0.900 bits per heavy atom. The van der Waals surface area contributed by atoms with E-state index in [1.54, 1.807) is 0 Å². The van der Waals surface area contributed by atoms with E-state index in [1.165, 1.54) is 38.9 Å². The lowest BCUT2D eigenvalue weighted by Crippen LogP contribution is -2.41. The Morgan fingerprint density at radius 2 is 1.30 bits per heavy atom. The monoisotopic (exact) mass is 165 g/mol. The van der Waals surface area contributed by atoms with Crippen LogP contribution >= 0.6 is 12.4 Å². The van der Waals surface area contributed by atoms with Gasteiger partial charge in [0.1, 0.15) is 0 Å². The highest BCUT2D eigenvalue weighted by molar-refractivity contribution is 5.85. The maximum atomic E-state index is 2.58. The molecule has 0 aliphatic carbocycles. The van der Waals surface area contributed by atoms with Crippen LogP contribution in [-0.2, 0) is 0 Å². The maximum absolute atomic E-state index is 2.58. The number of piperidine rings is 3. The molecule has 0 unspecified atom stereocenters. The molecule has 0 amide bonds. The molecule has 3 heteroatoms. The molecule has 3 saturated heterocycles. The molecule has 3 fully saturated rings. The predicted molar refractivity (Wildman–Crippen MR) is 44.6 cm³/mol. The van der Waals surface area contributed by atoms with Crippen molar-refractivity contribution >= 4 is 12.4 Å². The Labute approximate surface area is 68.3 Å². The summed E-state index contributed by atoms with van der Waals surface area (Å²) in [5.41, 5.74) is 0. The van der Waals surface area contributed by atoms with Crippen LogP contribution in [0.2, 0.25) is 0 Å². The quantitative estimate of drug-likeness (QED) is 0.521. The minimum atomic E-state index is 0. The molecule has 2 bridgehead atoms. The molecule has 0 radical (unpaired) electrons. The molecule has 3 aliphatic heterocycles. The van der Waals surface area contributed by atoms with Crippen LogP contribution in [0.4, 0.5) is 0 Å². The van der Waals surface area contributed by atoms with Gasteiger partial charge >= 0.3 is 0 Å². The van der Waals surface area contributed by atoms with Crippen molar-refractivity contribution in [2.75, 3.05) is 19.6 Å². The molecule has 62 valence electrons. The number of hydrogen-bond donors (Lipinski definition) is 0. The first kappa shape index (κ1) is 10.2. The molecule has 0 aromatic heterocycles. The Hall–Kier alpha value is 0.210. The zero-order valence-corrected chi connectivity index (χ0v) is 6.99. The summed E-state index contributed by atoms with van der Waals surface area (Å²) in [6.07, 6.45) is 4.46. The fraction of sp³-hybridized carbons (Fsp3) is 1.00. The third kappa shape index (κ3) is 1.84. The molecule has 0 spiro atoms. The lowest BCUT2D eigenvalue weighted by atomic mass is 9.89. The third-order valence-corrected chi connectivity index (χ3v) is 2.56. The van der Waals surface area contributed by atoms with Gasteiger partial charge in [-0.3, -0.25) is 0 Å². The Morgan fingerprint density at radius 3 is 1.40 bits per heavy atom. The zero-order valence-electron chi connectivity index (χ0n) is 6.18. The molecule has 3 aliphatic rings.